The number of hydrogen-bond acceptors (Lipinski definition) is 2. The summed E-state index contributed by atoms with van der Waals surface area (Å²) in [7, 11) is 0. The van der Waals surface area contributed by atoms with Crippen LogP contribution in [0.3, 0.4) is 0 Å². The van der Waals surface area contributed by atoms with Gasteiger partial charge in [-0.3, -0.25) is 0 Å². The van der Waals surface area contributed by atoms with Crippen LogP contribution in [0.4, 0.5) is 0 Å². The standard InChI is InChI=1S/C12H19NO/c1-2-3-9-11(13)12(14)10-7-5-4-6-8-10/h4-8,11-12,14H,2-3,9,13H2,1H3. The minimum atomic E-state index is -0.525. The highest BCUT2D eigenvalue weighted by Gasteiger charge is 2.15. The number of aliphatic hydroxyl groups is 1. The highest BCUT2D eigenvalue weighted by molar-refractivity contribution is 5.18. The van der Waals surface area contributed by atoms with Crippen molar-refractivity contribution in [1.29, 1.82) is 0 Å². The fourth-order valence-corrected chi connectivity index (χ4v) is 1.50. The molecule has 0 radical (unpaired) electrons. The zero-order valence-electron chi connectivity index (χ0n) is 8.69. The average molecular weight is 193 g/mol. The smallest absolute Gasteiger partial charge is 0.0940 e. The molecule has 2 heteroatoms. The Labute approximate surface area is 85.8 Å². The van der Waals surface area contributed by atoms with Gasteiger partial charge in [-0.2, -0.15) is 0 Å². The van der Waals surface area contributed by atoms with E-state index in [1.165, 1.54) is 0 Å². The summed E-state index contributed by atoms with van der Waals surface area (Å²) in [6.07, 6.45) is 2.55. The third-order valence-electron chi connectivity index (χ3n) is 2.44. The summed E-state index contributed by atoms with van der Waals surface area (Å²) in [5.74, 6) is 0. The molecule has 0 aliphatic carbocycles. The van der Waals surface area contributed by atoms with E-state index in [2.05, 4.69) is 6.92 Å². The van der Waals surface area contributed by atoms with E-state index in [0.29, 0.717) is 0 Å². The van der Waals surface area contributed by atoms with Gasteiger partial charge in [0.2, 0.25) is 0 Å². The molecule has 0 saturated carbocycles. The third-order valence-corrected chi connectivity index (χ3v) is 2.44. The fraction of sp³-hybridized carbons (Fsp3) is 0.500. The first-order valence-corrected chi connectivity index (χ1v) is 5.24. The molecule has 78 valence electrons. The summed E-state index contributed by atoms with van der Waals surface area (Å²) in [5, 5.41) is 9.89. The first-order chi connectivity index (χ1) is 6.75. The fourth-order valence-electron chi connectivity index (χ4n) is 1.50. The van der Waals surface area contributed by atoms with Gasteiger partial charge in [0.05, 0.1) is 6.10 Å². The van der Waals surface area contributed by atoms with Crippen LogP contribution in [0.1, 0.15) is 37.9 Å². The molecule has 1 aromatic carbocycles. The second-order valence-corrected chi connectivity index (χ2v) is 3.66. The van der Waals surface area contributed by atoms with Crippen LogP contribution in [0.5, 0.6) is 0 Å². The van der Waals surface area contributed by atoms with E-state index < -0.39 is 6.10 Å². The van der Waals surface area contributed by atoms with Gasteiger partial charge < -0.3 is 10.8 Å². The van der Waals surface area contributed by atoms with Gasteiger partial charge in [0, 0.05) is 6.04 Å². The van der Waals surface area contributed by atoms with Crippen molar-refractivity contribution in [2.24, 2.45) is 5.73 Å². The molecule has 0 aliphatic heterocycles. The summed E-state index contributed by atoms with van der Waals surface area (Å²) in [6.45, 7) is 2.13. The van der Waals surface area contributed by atoms with Gasteiger partial charge >= 0.3 is 0 Å². The number of hydrogen-bond donors (Lipinski definition) is 2. The van der Waals surface area contributed by atoms with Gasteiger partial charge in [0.25, 0.3) is 0 Å². The van der Waals surface area contributed by atoms with Crippen LogP contribution < -0.4 is 5.73 Å². The molecular formula is C12H19NO. The largest absolute Gasteiger partial charge is 0.387 e. The van der Waals surface area contributed by atoms with Gasteiger partial charge in [-0.05, 0) is 12.0 Å². The molecule has 0 saturated heterocycles. The van der Waals surface area contributed by atoms with Crippen molar-refractivity contribution in [1.82, 2.24) is 0 Å². The van der Waals surface area contributed by atoms with Crippen LogP contribution in [0.2, 0.25) is 0 Å². The monoisotopic (exact) mass is 193 g/mol. The van der Waals surface area contributed by atoms with Crippen LogP contribution in [0.25, 0.3) is 0 Å². The number of benzene rings is 1. The van der Waals surface area contributed by atoms with Crippen molar-refractivity contribution in [3.05, 3.63) is 35.9 Å². The van der Waals surface area contributed by atoms with Crippen LogP contribution >= 0.6 is 0 Å². The van der Waals surface area contributed by atoms with E-state index in [1.54, 1.807) is 0 Å². The highest BCUT2D eigenvalue weighted by atomic mass is 16.3. The second-order valence-electron chi connectivity index (χ2n) is 3.66. The van der Waals surface area contributed by atoms with Gasteiger partial charge in [-0.15, -0.1) is 0 Å². The van der Waals surface area contributed by atoms with E-state index in [4.69, 9.17) is 5.73 Å². The maximum atomic E-state index is 9.89. The summed E-state index contributed by atoms with van der Waals surface area (Å²) in [6, 6.07) is 9.47. The summed E-state index contributed by atoms with van der Waals surface area (Å²) < 4.78 is 0. The average Bonchev–Trinajstić information content (AvgIpc) is 2.26. The predicted octanol–water partition coefficient (Wildman–Crippen LogP) is 2.24. The predicted molar refractivity (Wildman–Crippen MR) is 58.9 cm³/mol. The van der Waals surface area contributed by atoms with Gasteiger partial charge in [0.15, 0.2) is 0 Å². The van der Waals surface area contributed by atoms with Crippen molar-refractivity contribution in [3.8, 4) is 0 Å². The summed E-state index contributed by atoms with van der Waals surface area (Å²) in [5.41, 5.74) is 6.80. The molecule has 1 aromatic rings. The molecule has 2 atom stereocenters. The Bertz CT molecular complexity index is 248. The lowest BCUT2D eigenvalue weighted by atomic mass is 9.99. The molecule has 0 heterocycles. The summed E-state index contributed by atoms with van der Waals surface area (Å²) >= 11 is 0. The van der Waals surface area contributed by atoms with Crippen LogP contribution in [0, 0.1) is 0 Å². The molecule has 0 amide bonds. The Kier molecular flexibility index (Phi) is 4.63. The first kappa shape index (κ1) is 11.2. The van der Waals surface area contributed by atoms with E-state index in [9.17, 15) is 5.11 Å². The number of rotatable bonds is 5. The molecule has 0 aromatic heterocycles. The van der Waals surface area contributed by atoms with Crippen molar-refractivity contribution < 1.29 is 5.11 Å². The highest BCUT2D eigenvalue weighted by Crippen LogP contribution is 2.18. The topological polar surface area (TPSA) is 46.2 Å². The van der Waals surface area contributed by atoms with E-state index in [0.717, 1.165) is 24.8 Å². The van der Waals surface area contributed by atoms with E-state index >= 15 is 0 Å². The molecule has 0 spiro atoms. The minimum Gasteiger partial charge on any atom is -0.387 e. The lowest BCUT2D eigenvalue weighted by Crippen LogP contribution is -2.28. The van der Waals surface area contributed by atoms with Gasteiger partial charge in [-0.25, -0.2) is 0 Å². The second kappa shape index (κ2) is 5.78. The Morgan fingerprint density at radius 1 is 1.29 bits per heavy atom. The van der Waals surface area contributed by atoms with Crippen molar-refractivity contribution in [2.75, 3.05) is 0 Å². The van der Waals surface area contributed by atoms with Crippen LogP contribution in [-0.4, -0.2) is 11.1 Å². The number of nitrogens with two attached hydrogens (primary N) is 1. The molecule has 0 aliphatic rings. The Morgan fingerprint density at radius 3 is 2.50 bits per heavy atom. The van der Waals surface area contributed by atoms with E-state index in [1.807, 2.05) is 30.3 Å². The number of unbranched alkanes of at least 4 members (excludes halogenated alkanes) is 1. The van der Waals surface area contributed by atoms with Gasteiger partial charge in [-0.1, -0.05) is 50.1 Å². The molecule has 0 fully saturated rings. The van der Waals surface area contributed by atoms with Crippen LogP contribution in [-0.2, 0) is 0 Å². The molecule has 14 heavy (non-hydrogen) atoms. The molecule has 1 rings (SSSR count). The van der Waals surface area contributed by atoms with Crippen molar-refractivity contribution in [3.63, 3.8) is 0 Å². The lowest BCUT2D eigenvalue weighted by Gasteiger charge is -2.18. The SMILES string of the molecule is CCCCC(N)C(O)c1ccccc1. The normalized spacial score (nSPS) is 15.1. The zero-order valence-corrected chi connectivity index (χ0v) is 8.69. The van der Waals surface area contributed by atoms with Crippen LogP contribution in [0.15, 0.2) is 30.3 Å². The zero-order chi connectivity index (χ0) is 10.4. The van der Waals surface area contributed by atoms with E-state index in [-0.39, 0.29) is 6.04 Å². The molecule has 0 bridgehead atoms. The van der Waals surface area contributed by atoms with Gasteiger partial charge in [0.1, 0.15) is 0 Å². The quantitative estimate of drug-likeness (QED) is 0.753. The van der Waals surface area contributed by atoms with Crippen molar-refractivity contribution in [2.45, 2.75) is 38.3 Å². The summed E-state index contributed by atoms with van der Waals surface area (Å²) in [4.78, 5) is 0. The Morgan fingerprint density at radius 2 is 1.93 bits per heavy atom. The molecule has 3 N–H and O–H groups in total. The lowest BCUT2D eigenvalue weighted by molar-refractivity contribution is 0.141. The third kappa shape index (κ3) is 3.13. The Hall–Kier alpha value is -0.860. The van der Waals surface area contributed by atoms with Crippen molar-refractivity contribution >= 4 is 0 Å². The molecule has 2 nitrogen and oxygen atoms in total. The number of aliphatic hydroxyl groups excluding tert-OH is 1. The maximum absolute atomic E-state index is 9.89. The first-order valence-electron chi connectivity index (χ1n) is 5.24. The maximum Gasteiger partial charge on any atom is 0.0940 e. The Balaban J connectivity index is 2.52. The molecule has 2 unspecified atom stereocenters. The minimum absolute atomic E-state index is 0.141. The molecular weight excluding hydrogens is 174 g/mol.